The zero-order valence-electron chi connectivity index (χ0n) is 15.7. The molecule has 0 atom stereocenters. The maximum Gasteiger partial charge on any atom is 0.278 e. The van der Waals surface area contributed by atoms with Crippen LogP contribution in [0.3, 0.4) is 0 Å². The van der Waals surface area contributed by atoms with Crippen molar-refractivity contribution in [1.82, 2.24) is 15.4 Å². The molecule has 0 radical (unpaired) electrons. The van der Waals surface area contributed by atoms with Crippen molar-refractivity contribution in [3.8, 4) is 5.88 Å². The van der Waals surface area contributed by atoms with Gasteiger partial charge in [0.1, 0.15) is 0 Å². The third-order valence-electron chi connectivity index (χ3n) is 3.62. The van der Waals surface area contributed by atoms with Gasteiger partial charge in [-0.05, 0) is 30.2 Å². The lowest BCUT2D eigenvalue weighted by atomic mass is 10.2. The Kier molecular flexibility index (Phi) is 7.77. The van der Waals surface area contributed by atoms with Gasteiger partial charge in [-0.15, -0.1) is 0 Å². The van der Waals surface area contributed by atoms with Gasteiger partial charge in [-0.3, -0.25) is 4.79 Å². The van der Waals surface area contributed by atoms with Crippen molar-refractivity contribution >= 4 is 39.8 Å². The van der Waals surface area contributed by atoms with Gasteiger partial charge >= 0.3 is 0 Å². The Bertz CT molecular complexity index is 999. The zero-order chi connectivity index (χ0) is 20.5. The van der Waals surface area contributed by atoms with Gasteiger partial charge in [0.05, 0.1) is 6.21 Å². The minimum atomic E-state index is -0.369. The lowest BCUT2D eigenvalue weighted by Gasteiger charge is -2.07. The van der Waals surface area contributed by atoms with Crippen molar-refractivity contribution in [1.29, 1.82) is 0 Å². The Morgan fingerprint density at radius 3 is 2.79 bits per heavy atom. The number of hydrogen-bond donors (Lipinski definition) is 1. The standard InChI is InChI=1S/C21H19BrN4O2S/c1-15-10-20(25-21(24-15)29-14-16-6-3-2-4-7-16)28-13-19(27)26-23-12-17-8-5-9-18(22)11-17/h2-12H,13-14H2,1H3,(H,26,27)/b23-12-. The minimum absolute atomic E-state index is 0.185. The first kappa shape index (κ1) is 21.0. The average molecular weight is 471 g/mol. The molecule has 6 nitrogen and oxygen atoms in total. The van der Waals surface area contributed by atoms with E-state index >= 15 is 0 Å². The summed E-state index contributed by atoms with van der Waals surface area (Å²) in [5, 5.41) is 4.54. The van der Waals surface area contributed by atoms with Crippen LogP contribution in [0, 0.1) is 6.92 Å². The van der Waals surface area contributed by atoms with E-state index in [1.807, 2.05) is 49.4 Å². The summed E-state index contributed by atoms with van der Waals surface area (Å²) in [7, 11) is 0. The highest BCUT2D eigenvalue weighted by atomic mass is 79.9. The van der Waals surface area contributed by atoms with Crippen LogP contribution in [0.4, 0.5) is 0 Å². The van der Waals surface area contributed by atoms with Crippen LogP contribution in [0.2, 0.25) is 0 Å². The van der Waals surface area contributed by atoms with Crippen molar-refractivity contribution < 1.29 is 9.53 Å². The molecule has 0 aliphatic rings. The monoisotopic (exact) mass is 470 g/mol. The topological polar surface area (TPSA) is 76.5 Å². The molecule has 3 aromatic rings. The fraction of sp³-hybridized carbons (Fsp3) is 0.143. The Hall–Kier alpha value is -2.71. The van der Waals surface area contributed by atoms with Crippen LogP contribution in [-0.2, 0) is 10.5 Å². The van der Waals surface area contributed by atoms with E-state index < -0.39 is 0 Å². The summed E-state index contributed by atoms with van der Waals surface area (Å²) < 4.78 is 6.45. The molecule has 29 heavy (non-hydrogen) atoms. The number of ether oxygens (including phenoxy) is 1. The third kappa shape index (κ3) is 7.32. The maximum absolute atomic E-state index is 11.9. The molecular formula is C21H19BrN4O2S. The van der Waals surface area contributed by atoms with E-state index in [0.717, 1.165) is 21.5 Å². The molecule has 8 heteroatoms. The number of halogens is 1. The first-order chi connectivity index (χ1) is 14.1. The number of aryl methyl sites for hydroxylation is 1. The molecule has 0 fully saturated rings. The van der Waals surface area contributed by atoms with Crippen LogP contribution >= 0.6 is 27.7 Å². The number of benzene rings is 2. The first-order valence-corrected chi connectivity index (χ1v) is 10.6. The second-order valence-electron chi connectivity index (χ2n) is 6.04. The number of nitrogens with one attached hydrogen (secondary N) is 1. The molecule has 1 aromatic heterocycles. The van der Waals surface area contributed by atoms with E-state index in [4.69, 9.17) is 4.74 Å². The quantitative estimate of drug-likeness (QED) is 0.229. The van der Waals surface area contributed by atoms with E-state index in [-0.39, 0.29) is 12.5 Å². The molecule has 1 N–H and O–H groups in total. The Labute approximate surface area is 181 Å². The van der Waals surface area contributed by atoms with Gasteiger partial charge in [0, 0.05) is 22.0 Å². The summed E-state index contributed by atoms with van der Waals surface area (Å²) in [4.78, 5) is 20.7. The number of nitrogens with zero attached hydrogens (tertiary/aromatic N) is 3. The van der Waals surface area contributed by atoms with Crippen molar-refractivity contribution in [3.63, 3.8) is 0 Å². The maximum atomic E-state index is 11.9. The predicted molar refractivity (Wildman–Crippen MR) is 118 cm³/mol. The van der Waals surface area contributed by atoms with Crippen LogP contribution in [0.15, 0.2) is 75.4 Å². The molecule has 0 unspecified atom stereocenters. The van der Waals surface area contributed by atoms with E-state index in [9.17, 15) is 4.79 Å². The summed E-state index contributed by atoms with van der Waals surface area (Å²) >= 11 is 4.91. The SMILES string of the molecule is Cc1cc(OCC(=O)N/N=C\c2cccc(Br)c2)nc(SCc2ccccc2)n1. The summed E-state index contributed by atoms with van der Waals surface area (Å²) in [5.41, 5.74) is 5.27. The number of carbonyl (C=O) groups is 1. The smallest absolute Gasteiger partial charge is 0.278 e. The number of aromatic nitrogens is 2. The van der Waals surface area contributed by atoms with Gasteiger partial charge in [-0.2, -0.15) is 10.1 Å². The first-order valence-electron chi connectivity index (χ1n) is 8.81. The summed E-state index contributed by atoms with van der Waals surface area (Å²) in [6.07, 6.45) is 1.57. The molecule has 0 aliphatic heterocycles. The van der Waals surface area contributed by atoms with Crippen molar-refractivity contribution in [2.24, 2.45) is 5.10 Å². The zero-order valence-corrected chi connectivity index (χ0v) is 18.1. The third-order valence-corrected chi connectivity index (χ3v) is 5.04. The number of hydrogen-bond acceptors (Lipinski definition) is 6. The van der Waals surface area contributed by atoms with Gasteiger partial charge < -0.3 is 4.74 Å². The highest BCUT2D eigenvalue weighted by Crippen LogP contribution is 2.21. The lowest BCUT2D eigenvalue weighted by molar-refractivity contribution is -0.123. The Balaban J connectivity index is 1.50. The second kappa shape index (κ2) is 10.7. The number of rotatable bonds is 8. The summed E-state index contributed by atoms with van der Waals surface area (Å²) in [6, 6.07) is 19.4. The molecule has 0 bridgehead atoms. The molecule has 1 amide bonds. The van der Waals surface area contributed by atoms with E-state index in [1.54, 1.807) is 12.3 Å². The van der Waals surface area contributed by atoms with Crippen LogP contribution in [0.25, 0.3) is 0 Å². The molecule has 1 heterocycles. The van der Waals surface area contributed by atoms with Crippen LogP contribution in [0.5, 0.6) is 5.88 Å². The molecule has 3 rings (SSSR count). The van der Waals surface area contributed by atoms with Crippen molar-refractivity contribution in [2.45, 2.75) is 17.8 Å². The Morgan fingerprint density at radius 2 is 2.00 bits per heavy atom. The van der Waals surface area contributed by atoms with Crippen LogP contribution in [-0.4, -0.2) is 28.7 Å². The van der Waals surface area contributed by atoms with E-state index in [2.05, 4.69) is 48.6 Å². The van der Waals surface area contributed by atoms with Gasteiger partial charge in [0.15, 0.2) is 11.8 Å². The summed E-state index contributed by atoms with van der Waals surface area (Å²) in [6.45, 7) is 1.68. The number of carbonyl (C=O) groups excluding carboxylic acids is 1. The van der Waals surface area contributed by atoms with Crippen LogP contribution in [0.1, 0.15) is 16.8 Å². The van der Waals surface area contributed by atoms with Gasteiger partial charge in [-0.25, -0.2) is 10.4 Å². The average Bonchev–Trinajstić information content (AvgIpc) is 2.71. The normalized spacial score (nSPS) is 10.8. The van der Waals surface area contributed by atoms with E-state index in [1.165, 1.54) is 17.3 Å². The highest BCUT2D eigenvalue weighted by molar-refractivity contribution is 9.10. The number of thioether (sulfide) groups is 1. The van der Waals surface area contributed by atoms with E-state index in [0.29, 0.717) is 11.0 Å². The van der Waals surface area contributed by atoms with Gasteiger partial charge in [0.25, 0.3) is 5.91 Å². The number of hydrazone groups is 1. The minimum Gasteiger partial charge on any atom is -0.467 e. The van der Waals surface area contributed by atoms with Crippen LogP contribution < -0.4 is 10.2 Å². The summed E-state index contributed by atoms with van der Waals surface area (Å²) in [5.74, 6) is 0.749. The van der Waals surface area contributed by atoms with Crippen molar-refractivity contribution in [2.75, 3.05) is 6.61 Å². The molecule has 2 aromatic carbocycles. The molecule has 0 spiro atoms. The Morgan fingerprint density at radius 1 is 1.17 bits per heavy atom. The highest BCUT2D eigenvalue weighted by Gasteiger charge is 2.07. The molecule has 0 saturated carbocycles. The van der Waals surface area contributed by atoms with Crippen molar-refractivity contribution in [3.05, 3.63) is 82.0 Å². The van der Waals surface area contributed by atoms with Gasteiger partial charge in [-0.1, -0.05) is 70.2 Å². The fourth-order valence-electron chi connectivity index (χ4n) is 2.31. The molecule has 148 valence electrons. The van der Waals surface area contributed by atoms with Gasteiger partial charge in [0.2, 0.25) is 5.88 Å². The molecular weight excluding hydrogens is 452 g/mol. The molecule has 0 saturated heterocycles. The predicted octanol–water partition coefficient (Wildman–Crippen LogP) is 4.37. The lowest BCUT2D eigenvalue weighted by Crippen LogP contribution is -2.24. The fourth-order valence-corrected chi connectivity index (χ4v) is 3.58. The molecule has 0 aliphatic carbocycles. The number of amides is 1. The largest absolute Gasteiger partial charge is 0.467 e. The second-order valence-corrected chi connectivity index (χ2v) is 7.90.